The largest absolute Gasteiger partial charge is 0.342 e. The molecular weight excluding hydrogens is 292 g/mol. The van der Waals surface area contributed by atoms with Crippen LogP contribution in [0.25, 0.3) is 0 Å². The smallest absolute Gasteiger partial charge is 0.228 e. The molecule has 1 aromatic rings. The van der Waals surface area contributed by atoms with Crippen LogP contribution in [0.4, 0.5) is 5.82 Å². The predicted molar refractivity (Wildman–Crippen MR) is 87.9 cm³/mol. The monoisotopic (exact) mass is 316 g/mol. The van der Waals surface area contributed by atoms with E-state index in [9.17, 15) is 9.59 Å². The average molecular weight is 316 g/mol. The number of amides is 2. The predicted octanol–water partition coefficient (Wildman–Crippen LogP) is 1.18. The van der Waals surface area contributed by atoms with Crippen molar-refractivity contribution in [3.8, 4) is 0 Å². The van der Waals surface area contributed by atoms with Crippen LogP contribution in [0.1, 0.15) is 24.8 Å². The molecule has 2 fully saturated rings. The van der Waals surface area contributed by atoms with Crippen LogP contribution >= 0.6 is 0 Å². The summed E-state index contributed by atoms with van der Waals surface area (Å²) in [6, 6.07) is 3.75. The highest BCUT2D eigenvalue weighted by Crippen LogP contribution is 2.22. The summed E-state index contributed by atoms with van der Waals surface area (Å²) in [5.41, 5.74) is 1.07. The van der Waals surface area contributed by atoms with Gasteiger partial charge in [0.2, 0.25) is 11.8 Å². The fourth-order valence-corrected chi connectivity index (χ4v) is 3.26. The lowest BCUT2D eigenvalue weighted by atomic mass is 9.94. The Morgan fingerprint density at radius 1 is 1.22 bits per heavy atom. The van der Waals surface area contributed by atoms with Crippen LogP contribution in [0.2, 0.25) is 0 Å². The molecule has 23 heavy (non-hydrogen) atoms. The minimum absolute atomic E-state index is 0.0102. The van der Waals surface area contributed by atoms with E-state index >= 15 is 0 Å². The second-order valence-electron chi connectivity index (χ2n) is 6.50. The molecule has 3 heterocycles. The van der Waals surface area contributed by atoms with Crippen LogP contribution in [-0.2, 0) is 9.59 Å². The number of carbonyl (C=O) groups excluding carboxylic acids is 2. The van der Waals surface area contributed by atoms with E-state index in [2.05, 4.69) is 15.6 Å². The number of pyridine rings is 1. The van der Waals surface area contributed by atoms with E-state index in [1.807, 2.05) is 24.0 Å². The third-order valence-corrected chi connectivity index (χ3v) is 4.75. The number of hydrogen-bond acceptors (Lipinski definition) is 4. The minimum Gasteiger partial charge on any atom is -0.342 e. The van der Waals surface area contributed by atoms with Gasteiger partial charge in [0.1, 0.15) is 5.82 Å². The van der Waals surface area contributed by atoms with Gasteiger partial charge in [0.15, 0.2) is 0 Å². The number of likely N-dealkylation sites (tertiary alicyclic amines) is 1. The van der Waals surface area contributed by atoms with E-state index in [1.54, 1.807) is 6.20 Å². The summed E-state index contributed by atoms with van der Waals surface area (Å²) in [5, 5.41) is 6.11. The fraction of sp³-hybridized carbons (Fsp3) is 0.588. The molecule has 0 radical (unpaired) electrons. The van der Waals surface area contributed by atoms with Crippen molar-refractivity contribution in [1.29, 1.82) is 0 Å². The molecule has 124 valence electrons. The van der Waals surface area contributed by atoms with E-state index < -0.39 is 0 Å². The molecule has 6 heteroatoms. The zero-order valence-electron chi connectivity index (χ0n) is 13.5. The SMILES string of the molecule is Cc1ccc(NC(=O)C2CCN(C(=O)C3CCNC3)CC2)nc1. The van der Waals surface area contributed by atoms with Gasteiger partial charge in [-0.1, -0.05) is 6.07 Å². The van der Waals surface area contributed by atoms with Gasteiger partial charge in [-0.2, -0.15) is 0 Å². The first kappa shape index (κ1) is 15.9. The molecule has 2 N–H and O–H groups in total. The minimum atomic E-state index is -0.0381. The molecule has 0 spiro atoms. The normalized spacial score (nSPS) is 22.1. The molecule has 2 aliphatic rings. The number of nitrogens with zero attached hydrogens (tertiary/aromatic N) is 2. The van der Waals surface area contributed by atoms with E-state index in [1.165, 1.54) is 0 Å². The summed E-state index contributed by atoms with van der Waals surface area (Å²) in [6.07, 6.45) is 4.12. The highest BCUT2D eigenvalue weighted by molar-refractivity contribution is 5.92. The Morgan fingerprint density at radius 2 is 2.00 bits per heavy atom. The van der Waals surface area contributed by atoms with Crippen LogP contribution in [0.5, 0.6) is 0 Å². The lowest BCUT2D eigenvalue weighted by Gasteiger charge is -2.32. The molecule has 0 aliphatic carbocycles. The van der Waals surface area contributed by atoms with Crippen molar-refractivity contribution in [1.82, 2.24) is 15.2 Å². The Bertz CT molecular complexity index is 558. The Hall–Kier alpha value is -1.95. The first-order valence-electron chi connectivity index (χ1n) is 8.36. The van der Waals surface area contributed by atoms with E-state index in [4.69, 9.17) is 0 Å². The second kappa shape index (κ2) is 7.08. The van der Waals surface area contributed by atoms with Gasteiger partial charge in [0.25, 0.3) is 0 Å². The molecule has 2 saturated heterocycles. The van der Waals surface area contributed by atoms with Gasteiger partial charge in [-0.3, -0.25) is 9.59 Å². The zero-order valence-corrected chi connectivity index (χ0v) is 13.5. The number of carbonyl (C=O) groups is 2. The molecule has 1 aromatic heterocycles. The van der Waals surface area contributed by atoms with Crippen molar-refractivity contribution < 1.29 is 9.59 Å². The Balaban J connectivity index is 1.49. The van der Waals surface area contributed by atoms with Crippen LogP contribution in [0, 0.1) is 18.8 Å². The van der Waals surface area contributed by atoms with Gasteiger partial charge < -0.3 is 15.5 Å². The maximum absolute atomic E-state index is 12.4. The lowest BCUT2D eigenvalue weighted by molar-refractivity contribution is -0.137. The third-order valence-electron chi connectivity index (χ3n) is 4.75. The fourth-order valence-electron chi connectivity index (χ4n) is 3.26. The number of nitrogens with one attached hydrogen (secondary N) is 2. The Labute approximate surface area is 136 Å². The average Bonchev–Trinajstić information content (AvgIpc) is 3.11. The Kier molecular flexibility index (Phi) is 4.91. The van der Waals surface area contributed by atoms with Gasteiger partial charge >= 0.3 is 0 Å². The van der Waals surface area contributed by atoms with Gasteiger partial charge in [-0.25, -0.2) is 4.98 Å². The summed E-state index contributed by atoms with van der Waals surface area (Å²) in [5.74, 6) is 0.933. The van der Waals surface area contributed by atoms with Crippen molar-refractivity contribution in [3.05, 3.63) is 23.9 Å². The summed E-state index contributed by atoms with van der Waals surface area (Å²) >= 11 is 0. The van der Waals surface area contributed by atoms with Crippen LogP contribution in [0.15, 0.2) is 18.3 Å². The van der Waals surface area contributed by atoms with Crippen LogP contribution in [-0.4, -0.2) is 47.9 Å². The number of hydrogen-bond donors (Lipinski definition) is 2. The van der Waals surface area contributed by atoms with Crippen LogP contribution < -0.4 is 10.6 Å². The van der Waals surface area contributed by atoms with Gasteiger partial charge in [0, 0.05) is 31.7 Å². The van der Waals surface area contributed by atoms with Gasteiger partial charge in [-0.15, -0.1) is 0 Å². The molecule has 0 saturated carbocycles. The maximum Gasteiger partial charge on any atom is 0.228 e. The number of rotatable bonds is 3. The van der Waals surface area contributed by atoms with Crippen molar-refractivity contribution >= 4 is 17.6 Å². The number of piperidine rings is 1. The topological polar surface area (TPSA) is 74.3 Å². The van der Waals surface area contributed by atoms with E-state index in [0.717, 1.165) is 37.9 Å². The summed E-state index contributed by atoms with van der Waals surface area (Å²) in [4.78, 5) is 30.8. The van der Waals surface area contributed by atoms with Crippen molar-refractivity contribution in [3.63, 3.8) is 0 Å². The molecule has 1 unspecified atom stereocenters. The van der Waals surface area contributed by atoms with Crippen molar-refractivity contribution in [2.75, 3.05) is 31.5 Å². The van der Waals surface area contributed by atoms with Crippen molar-refractivity contribution in [2.24, 2.45) is 11.8 Å². The molecule has 0 bridgehead atoms. The first-order chi connectivity index (χ1) is 11.1. The number of anilines is 1. The molecule has 3 rings (SSSR count). The Morgan fingerprint density at radius 3 is 2.61 bits per heavy atom. The molecule has 2 aliphatic heterocycles. The summed E-state index contributed by atoms with van der Waals surface area (Å²) in [6.45, 7) is 5.03. The lowest BCUT2D eigenvalue weighted by Crippen LogP contribution is -2.44. The zero-order chi connectivity index (χ0) is 16.2. The summed E-state index contributed by atoms with van der Waals surface area (Å²) < 4.78 is 0. The third kappa shape index (κ3) is 3.88. The quantitative estimate of drug-likeness (QED) is 0.878. The molecule has 1 atom stereocenters. The number of aromatic nitrogens is 1. The maximum atomic E-state index is 12.4. The van der Waals surface area contributed by atoms with E-state index in [-0.39, 0.29) is 23.7 Å². The molecule has 2 amide bonds. The molecular formula is C17H24N4O2. The summed E-state index contributed by atoms with van der Waals surface area (Å²) in [7, 11) is 0. The number of aryl methyl sites for hydroxylation is 1. The van der Waals surface area contributed by atoms with Gasteiger partial charge in [-0.05, 0) is 44.4 Å². The standard InChI is InChI=1S/C17H24N4O2/c1-12-2-3-15(19-10-12)20-16(22)13-5-8-21(9-6-13)17(23)14-4-7-18-11-14/h2-3,10,13-14,18H,4-9,11H2,1H3,(H,19,20,22). The molecule has 0 aromatic carbocycles. The highest BCUT2D eigenvalue weighted by atomic mass is 16.2. The van der Waals surface area contributed by atoms with Crippen molar-refractivity contribution in [2.45, 2.75) is 26.2 Å². The highest BCUT2D eigenvalue weighted by Gasteiger charge is 2.32. The van der Waals surface area contributed by atoms with E-state index in [0.29, 0.717) is 18.9 Å². The van der Waals surface area contributed by atoms with Gasteiger partial charge in [0.05, 0.1) is 5.92 Å². The molecule has 6 nitrogen and oxygen atoms in total. The van der Waals surface area contributed by atoms with Crippen LogP contribution in [0.3, 0.4) is 0 Å². The first-order valence-corrected chi connectivity index (χ1v) is 8.36. The second-order valence-corrected chi connectivity index (χ2v) is 6.50.